The minimum atomic E-state index is 0.795. The number of thiol groups is 1. The van der Waals surface area contributed by atoms with Gasteiger partial charge < -0.3 is 4.74 Å². The van der Waals surface area contributed by atoms with Gasteiger partial charge in [-0.25, -0.2) is 0 Å². The molecule has 0 aromatic rings. The molecule has 0 spiro atoms. The Morgan fingerprint density at radius 3 is 3.00 bits per heavy atom. The first-order valence-electron chi connectivity index (χ1n) is 2.80. The van der Waals surface area contributed by atoms with Gasteiger partial charge in [-0.3, -0.25) is 0 Å². The quantitative estimate of drug-likeness (QED) is 0.415. The van der Waals surface area contributed by atoms with E-state index < -0.39 is 0 Å². The maximum atomic E-state index is 5.16. The standard InChI is InChI=1S/C6H10OS/c8-5-6-2-1-3-7-4-6/h2,8H,1,3-5H2. The second-order valence-electron chi connectivity index (χ2n) is 1.86. The minimum absolute atomic E-state index is 0.795. The summed E-state index contributed by atoms with van der Waals surface area (Å²) in [5, 5.41) is 0. The second kappa shape index (κ2) is 3.15. The number of hydrogen-bond donors (Lipinski definition) is 1. The summed E-state index contributed by atoms with van der Waals surface area (Å²) in [6.07, 6.45) is 3.27. The molecule has 0 atom stereocenters. The van der Waals surface area contributed by atoms with Gasteiger partial charge in [-0.1, -0.05) is 6.08 Å². The largest absolute Gasteiger partial charge is 0.377 e. The van der Waals surface area contributed by atoms with Gasteiger partial charge in [-0.2, -0.15) is 12.6 Å². The molecule has 0 N–H and O–H groups in total. The Hall–Kier alpha value is 0.0500. The van der Waals surface area contributed by atoms with Crippen molar-refractivity contribution in [3.63, 3.8) is 0 Å². The third-order valence-electron chi connectivity index (χ3n) is 1.19. The number of rotatable bonds is 1. The molecule has 46 valence electrons. The predicted octanol–water partition coefficient (Wildman–Crippen LogP) is 1.26. The van der Waals surface area contributed by atoms with Gasteiger partial charge in [0.2, 0.25) is 0 Å². The van der Waals surface area contributed by atoms with E-state index in [1.165, 1.54) is 5.57 Å². The lowest BCUT2D eigenvalue weighted by Gasteiger charge is -2.10. The molecule has 0 fully saturated rings. The smallest absolute Gasteiger partial charge is 0.0684 e. The normalized spacial score (nSPS) is 20.4. The molecule has 0 bridgehead atoms. The monoisotopic (exact) mass is 130 g/mol. The van der Waals surface area contributed by atoms with Crippen LogP contribution in [-0.4, -0.2) is 19.0 Å². The SMILES string of the molecule is SCC1=CCCOC1. The Kier molecular flexibility index (Phi) is 2.43. The van der Waals surface area contributed by atoms with E-state index in [9.17, 15) is 0 Å². The van der Waals surface area contributed by atoms with Crippen molar-refractivity contribution in [1.29, 1.82) is 0 Å². The first-order chi connectivity index (χ1) is 3.93. The molecule has 0 aromatic heterocycles. The van der Waals surface area contributed by atoms with Crippen LogP contribution in [0.5, 0.6) is 0 Å². The molecule has 2 heteroatoms. The van der Waals surface area contributed by atoms with Gasteiger partial charge in [0.25, 0.3) is 0 Å². The molecule has 1 aliphatic rings. The zero-order valence-corrected chi connectivity index (χ0v) is 5.66. The predicted molar refractivity (Wildman–Crippen MR) is 37.4 cm³/mol. The summed E-state index contributed by atoms with van der Waals surface area (Å²) in [7, 11) is 0. The maximum absolute atomic E-state index is 5.16. The molecule has 1 heterocycles. The second-order valence-corrected chi connectivity index (χ2v) is 2.18. The van der Waals surface area contributed by atoms with E-state index >= 15 is 0 Å². The fourth-order valence-electron chi connectivity index (χ4n) is 0.719. The lowest BCUT2D eigenvalue weighted by Crippen LogP contribution is -2.06. The highest BCUT2D eigenvalue weighted by molar-refractivity contribution is 7.80. The highest BCUT2D eigenvalue weighted by Crippen LogP contribution is 2.05. The van der Waals surface area contributed by atoms with E-state index in [4.69, 9.17) is 4.74 Å². The summed E-state index contributed by atoms with van der Waals surface area (Å²) in [4.78, 5) is 0. The van der Waals surface area contributed by atoms with E-state index in [1.807, 2.05) is 0 Å². The molecule has 1 nitrogen and oxygen atoms in total. The summed E-state index contributed by atoms with van der Waals surface area (Å²) in [6.45, 7) is 1.68. The zero-order valence-electron chi connectivity index (χ0n) is 4.76. The molecule has 0 aliphatic carbocycles. The molecule has 0 saturated carbocycles. The highest BCUT2D eigenvalue weighted by atomic mass is 32.1. The Bertz CT molecular complexity index is 98.7. The molecule has 0 radical (unpaired) electrons. The lowest BCUT2D eigenvalue weighted by atomic mass is 10.2. The van der Waals surface area contributed by atoms with Crippen LogP contribution in [-0.2, 0) is 4.74 Å². The van der Waals surface area contributed by atoms with E-state index in [2.05, 4.69) is 18.7 Å². The summed E-state index contributed by atoms with van der Waals surface area (Å²) in [6, 6.07) is 0. The van der Waals surface area contributed by atoms with Crippen LogP contribution in [0.3, 0.4) is 0 Å². The lowest BCUT2D eigenvalue weighted by molar-refractivity contribution is 0.151. The molecule has 0 amide bonds. The van der Waals surface area contributed by atoms with Gasteiger partial charge in [0.1, 0.15) is 0 Å². The van der Waals surface area contributed by atoms with Crippen LogP contribution in [0.4, 0.5) is 0 Å². The number of ether oxygens (including phenoxy) is 1. The van der Waals surface area contributed by atoms with Crippen molar-refractivity contribution < 1.29 is 4.74 Å². The van der Waals surface area contributed by atoms with Gasteiger partial charge in [0, 0.05) is 5.75 Å². The highest BCUT2D eigenvalue weighted by Gasteiger charge is 1.99. The minimum Gasteiger partial charge on any atom is -0.377 e. The molecule has 0 aromatic carbocycles. The van der Waals surface area contributed by atoms with Gasteiger partial charge in [-0.05, 0) is 12.0 Å². The van der Waals surface area contributed by atoms with Crippen molar-refractivity contribution in [2.75, 3.05) is 19.0 Å². The fraction of sp³-hybridized carbons (Fsp3) is 0.667. The summed E-state index contributed by atoms with van der Waals surface area (Å²) in [5.74, 6) is 0.847. The van der Waals surface area contributed by atoms with Crippen molar-refractivity contribution in [3.05, 3.63) is 11.6 Å². The van der Waals surface area contributed by atoms with Crippen LogP contribution in [0.2, 0.25) is 0 Å². The molecule has 0 unspecified atom stereocenters. The van der Waals surface area contributed by atoms with Crippen LogP contribution in [0, 0.1) is 0 Å². The van der Waals surface area contributed by atoms with Crippen LogP contribution in [0.15, 0.2) is 11.6 Å². The van der Waals surface area contributed by atoms with E-state index in [0.29, 0.717) is 0 Å². The Labute approximate surface area is 55.1 Å². The third kappa shape index (κ3) is 1.53. The van der Waals surface area contributed by atoms with E-state index in [0.717, 1.165) is 25.4 Å². The van der Waals surface area contributed by atoms with Crippen molar-refractivity contribution in [2.45, 2.75) is 6.42 Å². The average Bonchev–Trinajstić information content (AvgIpc) is 1.90. The van der Waals surface area contributed by atoms with Crippen LogP contribution >= 0.6 is 12.6 Å². The maximum Gasteiger partial charge on any atom is 0.0684 e. The zero-order chi connectivity index (χ0) is 5.82. The molecule has 0 saturated heterocycles. The van der Waals surface area contributed by atoms with Gasteiger partial charge in [-0.15, -0.1) is 0 Å². The third-order valence-corrected chi connectivity index (χ3v) is 1.59. The Morgan fingerprint density at radius 1 is 1.75 bits per heavy atom. The van der Waals surface area contributed by atoms with Crippen molar-refractivity contribution in [1.82, 2.24) is 0 Å². The molecule has 1 rings (SSSR count). The topological polar surface area (TPSA) is 9.23 Å². The van der Waals surface area contributed by atoms with Gasteiger partial charge >= 0.3 is 0 Å². The number of hydrogen-bond acceptors (Lipinski definition) is 2. The molecular weight excluding hydrogens is 120 g/mol. The van der Waals surface area contributed by atoms with E-state index in [-0.39, 0.29) is 0 Å². The molecular formula is C6H10OS. The van der Waals surface area contributed by atoms with Crippen LogP contribution in [0.25, 0.3) is 0 Å². The van der Waals surface area contributed by atoms with Crippen molar-refractivity contribution >= 4 is 12.6 Å². The summed E-state index contributed by atoms with van der Waals surface area (Å²) in [5.41, 5.74) is 1.32. The van der Waals surface area contributed by atoms with Gasteiger partial charge in [0.05, 0.1) is 13.2 Å². The summed E-state index contributed by atoms with van der Waals surface area (Å²) < 4.78 is 5.16. The van der Waals surface area contributed by atoms with Crippen molar-refractivity contribution in [3.8, 4) is 0 Å². The fourth-order valence-corrected chi connectivity index (χ4v) is 0.939. The van der Waals surface area contributed by atoms with Crippen LogP contribution < -0.4 is 0 Å². The molecule has 1 aliphatic heterocycles. The first kappa shape index (κ1) is 6.17. The Balaban J connectivity index is 2.37. The van der Waals surface area contributed by atoms with Crippen LogP contribution in [0.1, 0.15) is 6.42 Å². The Morgan fingerprint density at radius 2 is 2.62 bits per heavy atom. The van der Waals surface area contributed by atoms with Gasteiger partial charge in [0.15, 0.2) is 0 Å². The summed E-state index contributed by atoms with van der Waals surface area (Å²) >= 11 is 4.12. The average molecular weight is 130 g/mol. The van der Waals surface area contributed by atoms with Crippen molar-refractivity contribution in [2.24, 2.45) is 0 Å². The molecule has 8 heavy (non-hydrogen) atoms. The first-order valence-corrected chi connectivity index (χ1v) is 3.43. The van der Waals surface area contributed by atoms with E-state index in [1.54, 1.807) is 0 Å².